The lowest BCUT2D eigenvalue weighted by atomic mass is 10.9. The highest BCUT2D eigenvalue weighted by Gasteiger charge is 1.55. The largest absolute Gasteiger partial charge is 0.280 e. The van der Waals surface area contributed by atoms with Crippen molar-refractivity contribution in [1.29, 1.82) is 0 Å². The zero-order valence-electron chi connectivity index (χ0n) is 3.20. The van der Waals surface area contributed by atoms with Gasteiger partial charge in [0.15, 0.2) is 0 Å². The molecule has 0 heterocycles. The number of rotatable bonds is 1. The second kappa shape index (κ2) is 8.82. The molecule has 0 amide bonds. The summed E-state index contributed by atoms with van der Waals surface area (Å²) >= 11 is 4.69. The Labute approximate surface area is 40.4 Å². The van der Waals surface area contributed by atoms with Gasteiger partial charge in [0.1, 0.15) is 0 Å². The molecule has 1 nitrogen and oxygen atoms in total. The van der Waals surface area contributed by atoms with Crippen LogP contribution in [0.15, 0.2) is 0 Å². The third kappa shape index (κ3) is 11.9. The molecule has 0 saturated carbocycles. The van der Waals surface area contributed by atoms with Gasteiger partial charge < -0.3 is 0 Å². The molecular weight excluding hydrogens is 106 g/mol. The highest BCUT2D eigenvalue weighted by molar-refractivity contribution is 6.92. The summed E-state index contributed by atoms with van der Waals surface area (Å²) in [7, 11) is 0. The molecule has 0 spiro atoms. The Bertz CT molecular complexity index is 11.6. The maximum absolute atomic E-state index is 4.69. The third-order valence-corrected chi connectivity index (χ3v) is 0.327. The van der Waals surface area contributed by atoms with Crippen LogP contribution in [0.2, 0.25) is 0 Å². The van der Waals surface area contributed by atoms with Gasteiger partial charge in [0.05, 0.1) is 18.5 Å². The topological polar surface area (TPSA) is 9.23 Å². The molecular formula is C2H8ClOP. The Morgan fingerprint density at radius 2 is 2.00 bits per heavy atom. The quantitative estimate of drug-likeness (QED) is 0.466. The van der Waals surface area contributed by atoms with Crippen LogP contribution >= 0.6 is 21.8 Å². The molecule has 0 bridgehead atoms. The predicted molar refractivity (Wildman–Crippen MR) is 28.6 cm³/mol. The number of hydrogen-bond donors (Lipinski definition) is 0. The fourth-order valence-corrected chi connectivity index (χ4v) is 0. The normalized spacial score (nSPS) is 6.00. The average molecular weight is 115 g/mol. The van der Waals surface area contributed by atoms with Gasteiger partial charge in [0.25, 0.3) is 0 Å². The molecule has 0 aliphatic carbocycles. The van der Waals surface area contributed by atoms with Gasteiger partial charge in [-0.05, 0) is 6.92 Å². The molecule has 0 aliphatic heterocycles. The van der Waals surface area contributed by atoms with Crippen LogP contribution in [0.25, 0.3) is 0 Å². The van der Waals surface area contributed by atoms with Gasteiger partial charge in [0.2, 0.25) is 0 Å². The van der Waals surface area contributed by atoms with Crippen LogP contribution in [0.4, 0.5) is 0 Å². The Morgan fingerprint density at radius 3 is 2.00 bits per heavy atom. The van der Waals surface area contributed by atoms with E-state index in [0.29, 0.717) is 6.61 Å². The first-order valence-electron chi connectivity index (χ1n) is 1.15. The van der Waals surface area contributed by atoms with E-state index in [1.807, 2.05) is 6.92 Å². The van der Waals surface area contributed by atoms with Crippen molar-refractivity contribution in [3.63, 3.8) is 0 Å². The maximum Gasteiger partial charge on any atom is 0.0654 e. The van der Waals surface area contributed by atoms with E-state index in [1.54, 1.807) is 0 Å². The predicted octanol–water partition coefficient (Wildman–Crippen LogP) is 1.23. The van der Waals surface area contributed by atoms with Crippen molar-refractivity contribution in [2.24, 2.45) is 0 Å². The molecule has 0 aromatic heterocycles. The van der Waals surface area contributed by atoms with E-state index in [0.717, 1.165) is 0 Å². The van der Waals surface area contributed by atoms with E-state index in [4.69, 9.17) is 0 Å². The summed E-state index contributed by atoms with van der Waals surface area (Å²) in [5, 5.41) is 0. The van der Waals surface area contributed by atoms with Gasteiger partial charge >= 0.3 is 0 Å². The molecule has 1 atom stereocenters. The van der Waals surface area contributed by atoms with Gasteiger partial charge in [-0.3, -0.25) is 4.29 Å². The van der Waals surface area contributed by atoms with Crippen molar-refractivity contribution >= 4 is 21.8 Å². The summed E-state index contributed by atoms with van der Waals surface area (Å²) in [5.41, 5.74) is 0. The van der Waals surface area contributed by atoms with Crippen LogP contribution in [0.5, 0.6) is 0 Å². The van der Waals surface area contributed by atoms with Crippen molar-refractivity contribution in [3.05, 3.63) is 0 Å². The summed E-state index contributed by atoms with van der Waals surface area (Å²) in [6, 6.07) is 0. The Kier molecular flexibility index (Phi) is 16.2. The molecule has 3 heteroatoms. The molecule has 0 rings (SSSR count). The van der Waals surface area contributed by atoms with Crippen LogP contribution < -0.4 is 0 Å². The fourth-order valence-electron chi connectivity index (χ4n) is 0. The van der Waals surface area contributed by atoms with Gasteiger partial charge in [-0.15, -0.1) is 0 Å². The minimum absolute atomic E-state index is 0. The van der Waals surface area contributed by atoms with Crippen molar-refractivity contribution in [2.45, 2.75) is 6.92 Å². The van der Waals surface area contributed by atoms with Crippen molar-refractivity contribution < 1.29 is 4.29 Å². The average Bonchev–Trinajstić information content (AvgIpc) is 1.37. The molecule has 0 radical (unpaired) electrons. The zero-order chi connectivity index (χ0) is 3.41. The Hall–Kier alpha value is 0.680. The molecule has 0 saturated heterocycles. The van der Waals surface area contributed by atoms with Crippen molar-refractivity contribution in [2.75, 3.05) is 6.61 Å². The fraction of sp³-hybridized carbons (Fsp3) is 1.00. The van der Waals surface area contributed by atoms with E-state index < -0.39 is 0 Å². The summed E-state index contributed by atoms with van der Waals surface area (Å²) in [6.07, 6.45) is 0. The van der Waals surface area contributed by atoms with E-state index in [9.17, 15) is 0 Å². The molecule has 0 fully saturated rings. The minimum Gasteiger partial charge on any atom is -0.280 e. The lowest BCUT2D eigenvalue weighted by Gasteiger charge is -1.70. The molecule has 0 aromatic carbocycles. The first kappa shape index (κ1) is 9.19. The van der Waals surface area contributed by atoms with Gasteiger partial charge in [-0.25, -0.2) is 0 Å². The van der Waals surface area contributed by atoms with Crippen molar-refractivity contribution in [1.82, 2.24) is 0 Å². The molecule has 34 valence electrons. The first-order chi connectivity index (χ1) is 1.91. The lowest BCUT2D eigenvalue weighted by molar-refractivity contribution is 0.378. The summed E-state index contributed by atoms with van der Waals surface area (Å²) in [5.74, 6) is 0. The van der Waals surface area contributed by atoms with Crippen LogP contribution in [-0.2, 0) is 4.29 Å². The third-order valence-electron chi connectivity index (χ3n) is 0.109. The minimum atomic E-state index is 0. The number of hydrogen-bond acceptors (Lipinski definition) is 1. The Balaban J connectivity index is 0. The lowest BCUT2D eigenvalue weighted by Crippen LogP contribution is -1.64. The molecule has 0 N–H and O–H groups in total. The highest BCUT2D eigenvalue weighted by atomic mass is 35.5. The second-order valence-corrected chi connectivity index (χ2v) is 0.616. The summed E-state index contributed by atoms with van der Waals surface area (Å²) < 4.78 is 4.01. The SMILES string of the molecule is CCOCl.P. The van der Waals surface area contributed by atoms with Crippen LogP contribution in [0.1, 0.15) is 6.92 Å². The second-order valence-electron chi connectivity index (χ2n) is 0.398. The Morgan fingerprint density at radius 1 is 1.80 bits per heavy atom. The van der Waals surface area contributed by atoms with E-state index >= 15 is 0 Å². The summed E-state index contributed by atoms with van der Waals surface area (Å²) in [4.78, 5) is 0. The van der Waals surface area contributed by atoms with Crippen molar-refractivity contribution in [3.8, 4) is 0 Å². The monoisotopic (exact) mass is 114 g/mol. The van der Waals surface area contributed by atoms with Gasteiger partial charge in [0, 0.05) is 0 Å². The van der Waals surface area contributed by atoms with E-state index in [2.05, 4.69) is 16.2 Å². The van der Waals surface area contributed by atoms with E-state index in [1.165, 1.54) is 0 Å². The first-order valence-corrected chi connectivity index (χ1v) is 1.46. The van der Waals surface area contributed by atoms with Crippen LogP contribution in [-0.4, -0.2) is 6.61 Å². The van der Waals surface area contributed by atoms with Gasteiger partial charge in [-0.2, -0.15) is 9.90 Å². The molecule has 1 unspecified atom stereocenters. The molecule has 0 aliphatic rings. The highest BCUT2D eigenvalue weighted by Crippen LogP contribution is 1.71. The summed E-state index contributed by atoms with van der Waals surface area (Å²) in [6.45, 7) is 2.41. The van der Waals surface area contributed by atoms with Gasteiger partial charge in [-0.1, -0.05) is 0 Å². The molecule has 5 heavy (non-hydrogen) atoms. The number of halogens is 1. The maximum atomic E-state index is 4.69. The van der Waals surface area contributed by atoms with E-state index in [-0.39, 0.29) is 9.90 Å². The molecule has 0 aromatic rings. The van der Waals surface area contributed by atoms with Crippen LogP contribution in [0.3, 0.4) is 0 Å². The zero-order valence-corrected chi connectivity index (χ0v) is 5.37. The smallest absolute Gasteiger partial charge is 0.0654 e. The van der Waals surface area contributed by atoms with Crippen LogP contribution in [0, 0.1) is 0 Å². The standard InChI is InChI=1S/C2H5ClO.H3P/c1-2-4-3;/h2H2,1H3;1H3.